The van der Waals surface area contributed by atoms with Gasteiger partial charge in [0.05, 0.1) is 13.7 Å². The SMILES string of the molecule is CNC(=O)CNC(=O)C(=O)OC. The van der Waals surface area contributed by atoms with Gasteiger partial charge in [-0.2, -0.15) is 0 Å². The molecule has 0 spiro atoms. The van der Waals surface area contributed by atoms with Crippen LogP contribution in [0.5, 0.6) is 0 Å². The molecule has 0 aromatic heterocycles. The number of rotatable bonds is 2. The van der Waals surface area contributed by atoms with E-state index in [9.17, 15) is 14.4 Å². The fourth-order valence-electron chi connectivity index (χ4n) is 0.414. The summed E-state index contributed by atoms with van der Waals surface area (Å²) in [5, 5.41) is 4.33. The monoisotopic (exact) mass is 174 g/mol. The molecule has 12 heavy (non-hydrogen) atoms. The van der Waals surface area contributed by atoms with Crippen molar-refractivity contribution in [2.24, 2.45) is 0 Å². The molecule has 2 amide bonds. The number of methoxy groups -OCH3 is 1. The average Bonchev–Trinajstić information content (AvgIpc) is 2.11. The van der Waals surface area contributed by atoms with E-state index < -0.39 is 11.9 Å². The number of esters is 1. The van der Waals surface area contributed by atoms with E-state index in [-0.39, 0.29) is 12.5 Å². The highest BCUT2D eigenvalue weighted by molar-refractivity contribution is 6.32. The molecule has 0 atom stereocenters. The summed E-state index contributed by atoms with van der Waals surface area (Å²) in [6.45, 7) is -0.232. The molecule has 0 saturated carbocycles. The maximum Gasteiger partial charge on any atom is 0.396 e. The molecular weight excluding hydrogens is 164 g/mol. The van der Waals surface area contributed by atoms with Gasteiger partial charge >= 0.3 is 11.9 Å². The van der Waals surface area contributed by atoms with Crippen LogP contribution in [0.15, 0.2) is 0 Å². The fourth-order valence-corrected chi connectivity index (χ4v) is 0.414. The Kier molecular flexibility index (Phi) is 4.43. The maximum atomic E-state index is 10.6. The molecule has 0 aliphatic rings. The predicted octanol–water partition coefficient (Wildman–Crippen LogP) is -1.98. The first-order valence-electron chi connectivity index (χ1n) is 3.18. The molecule has 0 saturated heterocycles. The van der Waals surface area contributed by atoms with Gasteiger partial charge in [0, 0.05) is 7.05 Å². The van der Waals surface area contributed by atoms with Gasteiger partial charge in [0.1, 0.15) is 0 Å². The molecule has 6 heteroatoms. The lowest BCUT2D eigenvalue weighted by molar-refractivity contribution is -0.152. The predicted molar refractivity (Wildman–Crippen MR) is 39.1 cm³/mol. The lowest BCUT2D eigenvalue weighted by atomic mass is 10.5. The third-order valence-corrected chi connectivity index (χ3v) is 1.06. The van der Waals surface area contributed by atoms with Crippen LogP contribution in [0.25, 0.3) is 0 Å². The topological polar surface area (TPSA) is 84.5 Å². The Hall–Kier alpha value is -1.59. The van der Waals surface area contributed by atoms with E-state index in [4.69, 9.17) is 0 Å². The maximum absolute atomic E-state index is 10.6. The van der Waals surface area contributed by atoms with Crippen LogP contribution in [-0.4, -0.2) is 38.5 Å². The molecule has 0 radical (unpaired) electrons. The van der Waals surface area contributed by atoms with E-state index in [2.05, 4.69) is 15.4 Å². The zero-order valence-electron chi connectivity index (χ0n) is 6.84. The molecule has 0 heterocycles. The zero-order chi connectivity index (χ0) is 9.56. The third kappa shape index (κ3) is 3.55. The normalized spacial score (nSPS) is 8.50. The van der Waals surface area contributed by atoms with Crippen molar-refractivity contribution in [2.45, 2.75) is 0 Å². The van der Waals surface area contributed by atoms with Gasteiger partial charge in [-0.1, -0.05) is 0 Å². The highest BCUT2D eigenvalue weighted by Gasteiger charge is 2.13. The molecule has 2 N–H and O–H groups in total. The van der Waals surface area contributed by atoms with E-state index in [0.29, 0.717) is 0 Å². The second-order valence-electron chi connectivity index (χ2n) is 1.85. The average molecular weight is 174 g/mol. The molecule has 0 aromatic carbocycles. The van der Waals surface area contributed by atoms with Crippen LogP contribution in [0.4, 0.5) is 0 Å². The van der Waals surface area contributed by atoms with Crippen molar-refractivity contribution < 1.29 is 19.1 Å². The molecule has 0 fully saturated rings. The Morgan fingerprint density at radius 3 is 2.33 bits per heavy atom. The first kappa shape index (κ1) is 10.4. The third-order valence-electron chi connectivity index (χ3n) is 1.06. The minimum atomic E-state index is -1.01. The Labute approximate surface area is 69.3 Å². The number of carbonyl (C=O) groups is 3. The van der Waals surface area contributed by atoms with Gasteiger partial charge in [-0.05, 0) is 0 Å². The van der Waals surface area contributed by atoms with E-state index in [1.165, 1.54) is 7.05 Å². The lowest BCUT2D eigenvalue weighted by Crippen LogP contribution is -2.39. The quantitative estimate of drug-likeness (QED) is 0.375. The summed E-state index contributed by atoms with van der Waals surface area (Å²) in [5.74, 6) is -2.33. The van der Waals surface area contributed by atoms with Crippen molar-refractivity contribution >= 4 is 17.8 Å². The Morgan fingerprint density at radius 2 is 1.92 bits per heavy atom. The van der Waals surface area contributed by atoms with Crippen molar-refractivity contribution in [1.82, 2.24) is 10.6 Å². The summed E-state index contributed by atoms with van der Waals surface area (Å²) >= 11 is 0. The molecule has 0 aliphatic heterocycles. The van der Waals surface area contributed by atoms with Crippen molar-refractivity contribution in [3.63, 3.8) is 0 Å². The molecular formula is C6H10N2O4. The van der Waals surface area contributed by atoms with E-state index in [1.807, 2.05) is 0 Å². The number of carbonyl (C=O) groups excluding carboxylic acids is 3. The van der Waals surface area contributed by atoms with Crippen molar-refractivity contribution in [1.29, 1.82) is 0 Å². The molecule has 0 aromatic rings. The summed E-state index contributed by atoms with van der Waals surface area (Å²) in [4.78, 5) is 31.6. The minimum absolute atomic E-state index is 0.232. The van der Waals surface area contributed by atoms with E-state index >= 15 is 0 Å². The second kappa shape index (κ2) is 5.11. The largest absolute Gasteiger partial charge is 0.462 e. The van der Waals surface area contributed by atoms with Crippen molar-refractivity contribution in [3.8, 4) is 0 Å². The van der Waals surface area contributed by atoms with Gasteiger partial charge < -0.3 is 15.4 Å². The fraction of sp³-hybridized carbons (Fsp3) is 0.500. The van der Waals surface area contributed by atoms with Crippen LogP contribution < -0.4 is 10.6 Å². The van der Waals surface area contributed by atoms with Crippen molar-refractivity contribution in [3.05, 3.63) is 0 Å². The molecule has 6 nitrogen and oxygen atoms in total. The van der Waals surface area contributed by atoms with Crippen LogP contribution in [0.2, 0.25) is 0 Å². The van der Waals surface area contributed by atoms with Gasteiger partial charge in [-0.25, -0.2) is 4.79 Å². The second-order valence-corrected chi connectivity index (χ2v) is 1.85. The first-order valence-corrected chi connectivity index (χ1v) is 3.18. The molecule has 0 unspecified atom stereocenters. The van der Waals surface area contributed by atoms with Gasteiger partial charge in [-0.15, -0.1) is 0 Å². The molecule has 0 aliphatic carbocycles. The zero-order valence-corrected chi connectivity index (χ0v) is 6.84. The summed E-state index contributed by atoms with van der Waals surface area (Å²) in [6.07, 6.45) is 0. The molecule has 0 bridgehead atoms. The van der Waals surface area contributed by atoms with Crippen LogP contribution in [0, 0.1) is 0 Å². The van der Waals surface area contributed by atoms with Crippen molar-refractivity contribution in [2.75, 3.05) is 20.7 Å². The van der Waals surface area contributed by atoms with Crippen LogP contribution in [-0.2, 0) is 19.1 Å². The number of amides is 2. The minimum Gasteiger partial charge on any atom is -0.462 e. The highest BCUT2D eigenvalue weighted by Crippen LogP contribution is 1.72. The lowest BCUT2D eigenvalue weighted by Gasteiger charge is -2.01. The van der Waals surface area contributed by atoms with Crippen LogP contribution in [0.3, 0.4) is 0 Å². The number of hydrogen-bond donors (Lipinski definition) is 2. The van der Waals surface area contributed by atoms with Gasteiger partial charge in [0.25, 0.3) is 0 Å². The number of ether oxygens (including phenoxy) is 1. The van der Waals surface area contributed by atoms with Crippen LogP contribution >= 0.6 is 0 Å². The van der Waals surface area contributed by atoms with E-state index in [0.717, 1.165) is 7.11 Å². The standard InChI is InChI=1S/C6H10N2O4/c1-7-4(9)3-8-5(10)6(11)12-2/h3H2,1-2H3,(H,7,9)(H,8,10). The van der Waals surface area contributed by atoms with Gasteiger partial charge in [0.2, 0.25) is 5.91 Å². The van der Waals surface area contributed by atoms with E-state index in [1.54, 1.807) is 0 Å². The van der Waals surface area contributed by atoms with Crippen LogP contribution in [0.1, 0.15) is 0 Å². The number of hydrogen-bond acceptors (Lipinski definition) is 4. The summed E-state index contributed by atoms with van der Waals surface area (Å²) in [6, 6.07) is 0. The molecule has 0 rings (SSSR count). The summed E-state index contributed by atoms with van der Waals surface area (Å²) < 4.78 is 4.10. The number of likely N-dealkylation sites (N-methyl/N-ethyl adjacent to an activating group) is 1. The van der Waals surface area contributed by atoms with Gasteiger partial charge in [-0.3, -0.25) is 9.59 Å². The first-order chi connectivity index (χ1) is 5.61. The number of nitrogens with one attached hydrogen (secondary N) is 2. The Morgan fingerprint density at radius 1 is 1.33 bits per heavy atom. The summed E-state index contributed by atoms with van der Waals surface area (Å²) in [5.41, 5.74) is 0. The summed E-state index contributed by atoms with van der Waals surface area (Å²) in [7, 11) is 2.51. The highest BCUT2D eigenvalue weighted by atomic mass is 16.5. The Balaban J connectivity index is 3.72. The molecule has 68 valence electrons. The smallest absolute Gasteiger partial charge is 0.396 e. The Bertz CT molecular complexity index is 202. The van der Waals surface area contributed by atoms with Gasteiger partial charge in [0.15, 0.2) is 0 Å².